The SMILES string of the molecule is C=C/C=C\c1coc(=O)c(C2=CC(=O)OC3C(CN(CC)CC4C=CN=CC4)=C(O)C=CC23)c1. The molecular formula is C27H28N2O5. The highest BCUT2D eigenvalue weighted by Crippen LogP contribution is 2.38. The lowest BCUT2D eigenvalue weighted by atomic mass is 9.80. The molecule has 2 aliphatic heterocycles. The molecule has 3 unspecified atom stereocenters. The molecule has 3 atom stereocenters. The van der Waals surface area contributed by atoms with E-state index in [0.29, 0.717) is 34.7 Å². The number of carbonyl (C=O) groups is 1. The van der Waals surface area contributed by atoms with Gasteiger partial charge in [-0.15, -0.1) is 0 Å². The van der Waals surface area contributed by atoms with E-state index in [0.717, 1.165) is 19.5 Å². The molecule has 0 bridgehead atoms. The van der Waals surface area contributed by atoms with E-state index in [-0.39, 0.29) is 5.76 Å². The number of likely N-dealkylation sites (N-methyl/N-ethyl adjacent to an activating group) is 1. The molecule has 0 aromatic carbocycles. The minimum absolute atomic E-state index is 0.0872. The number of nitrogens with zero attached hydrogens (tertiary/aromatic N) is 2. The fourth-order valence-corrected chi connectivity index (χ4v) is 4.42. The summed E-state index contributed by atoms with van der Waals surface area (Å²) < 4.78 is 10.9. The zero-order chi connectivity index (χ0) is 24.1. The van der Waals surface area contributed by atoms with Crippen molar-refractivity contribution in [3.8, 4) is 0 Å². The molecular weight excluding hydrogens is 432 g/mol. The molecule has 3 aliphatic rings. The van der Waals surface area contributed by atoms with Crippen molar-refractivity contribution in [2.75, 3.05) is 19.6 Å². The van der Waals surface area contributed by atoms with Crippen LogP contribution in [0.15, 0.2) is 87.1 Å². The molecule has 7 nitrogen and oxygen atoms in total. The maximum atomic E-state index is 12.6. The van der Waals surface area contributed by atoms with Crippen LogP contribution in [-0.4, -0.2) is 47.9 Å². The number of aliphatic imine (C=N–C) groups is 1. The van der Waals surface area contributed by atoms with Crippen LogP contribution in [0.5, 0.6) is 0 Å². The molecule has 1 aliphatic carbocycles. The van der Waals surface area contributed by atoms with Gasteiger partial charge in [-0.2, -0.15) is 0 Å². The highest BCUT2D eigenvalue weighted by Gasteiger charge is 2.39. The van der Waals surface area contributed by atoms with Crippen LogP contribution in [0.2, 0.25) is 0 Å². The van der Waals surface area contributed by atoms with E-state index in [9.17, 15) is 14.7 Å². The third-order valence-corrected chi connectivity index (χ3v) is 6.20. The van der Waals surface area contributed by atoms with Gasteiger partial charge in [0.15, 0.2) is 0 Å². The molecule has 0 saturated heterocycles. The summed E-state index contributed by atoms with van der Waals surface area (Å²) in [5.41, 5.74) is 1.56. The van der Waals surface area contributed by atoms with Gasteiger partial charge in [-0.25, -0.2) is 9.59 Å². The lowest BCUT2D eigenvalue weighted by molar-refractivity contribution is -0.143. The Hall–Kier alpha value is -3.71. The van der Waals surface area contributed by atoms with Gasteiger partial charge in [0.2, 0.25) is 0 Å². The quantitative estimate of drug-likeness (QED) is 0.464. The molecule has 34 heavy (non-hydrogen) atoms. The van der Waals surface area contributed by atoms with Crippen molar-refractivity contribution in [3.63, 3.8) is 0 Å². The van der Waals surface area contributed by atoms with Crippen LogP contribution in [0, 0.1) is 11.8 Å². The van der Waals surface area contributed by atoms with Crippen molar-refractivity contribution in [2.24, 2.45) is 16.8 Å². The van der Waals surface area contributed by atoms with Crippen LogP contribution in [-0.2, 0) is 9.53 Å². The Morgan fingerprint density at radius 2 is 2.18 bits per heavy atom. The molecule has 0 spiro atoms. The van der Waals surface area contributed by atoms with Gasteiger partial charge in [-0.1, -0.05) is 43.9 Å². The molecule has 0 radical (unpaired) electrons. The monoisotopic (exact) mass is 460 g/mol. The minimum atomic E-state index is -0.707. The predicted molar refractivity (Wildman–Crippen MR) is 132 cm³/mol. The van der Waals surface area contributed by atoms with Gasteiger partial charge < -0.3 is 14.3 Å². The Balaban J connectivity index is 1.62. The third kappa shape index (κ3) is 5.10. The first-order valence-electron chi connectivity index (χ1n) is 11.4. The Morgan fingerprint density at radius 1 is 1.32 bits per heavy atom. The molecule has 4 rings (SSSR count). The van der Waals surface area contributed by atoms with Crippen molar-refractivity contribution in [3.05, 3.63) is 94.4 Å². The number of hydrogen-bond acceptors (Lipinski definition) is 7. The number of hydrogen-bond donors (Lipinski definition) is 1. The topological polar surface area (TPSA) is 92.3 Å². The molecule has 1 N–H and O–H groups in total. The van der Waals surface area contributed by atoms with Crippen molar-refractivity contribution in [1.29, 1.82) is 0 Å². The van der Waals surface area contributed by atoms with Crippen LogP contribution >= 0.6 is 0 Å². The largest absolute Gasteiger partial charge is 0.508 e. The molecule has 0 amide bonds. The van der Waals surface area contributed by atoms with E-state index in [1.807, 2.05) is 12.4 Å². The molecule has 1 aromatic heterocycles. The summed E-state index contributed by atoms with van der Waals surface area (Å²) in [7, 11) is 0. The second-order valence-corrected chi connectivity index (χ2v) is 8.43. The second kappa shape index (κ2) is 10.5. The highest BCUT2D eigenvalue weighted by atomic mass is 16.5. The summed E-state index contributed by atoms with van der Waals surface area (Å²) in [6.07, 6.45) is 17.1. The average Bonchev–Trinajstić information content (AvgIpc) is 2.85. The van der Waals surface area contributed by atoms with E-state index < -0.39 is 23.6 Å². The average molecular weight is 461 g/mol. The number of ether oxygens (including phenoxy) is 1. The number of fused-ring (bicyclic) bond motifs is 1. The Bertz CT molecular complexity index is 1200. The number of allylic oxidation sites excluding steroid dienone is 3. The Morgan fingerprint density at radius 3 is 2.91 bits per heavy atom. The first kappa shape index (κ1) is 23.4. The fourth-order valence-electron chi connectivity index (χ4n) is 4.42. The van der Waals surface area contributed by atoms with Crippen LogP contribution in [0.4, 0.5) is 0 Å². The fraction of sp³-hybridized carbons (Fsp3) is 0.296. The number of aliphatic hydroxyl groups excluding tert-OH is 1. The van der Waals surface area contributed by atoms with Crippen LogP contribution < -0.4 is 5.63 Å². The summed E-state index contributed by atoms with van der Waals surface area (Å²) >= 11 is 0. The molecule has 7 heteroatoms. The zero-order valence-corrected chi connectivity index (χ0v) is 19.1. The van der Waals surface area contributed by atoms with Crippen molar-refractivity contribution in [2.45, 2.75) is 19.4 Å². The van der Waals surface area contributed by atoms with Gasteiger partial charge in [-0.3, -0.25) is 9.89 Å². The lowest BCUT2D eigenvalue weighted by Gasteiger charge is -2.36. The number of aliphatic hydroxyl groups is 1. The van der Waals surface area contributed by atoms with Gasteiger partial charge in [0.25, 0.3) is 0 Å². The standard InChI is InChI=1S/C27H28N2O5/c1-3-5-6-19-13-22(27(32)33-17-19)21-14-25(31)34-26-20(21)7-8-24(30)23(26)16-29(4-2)15-18-9-11-28-12-10-18/h3,5-9,11-14,17-18,20,26,30H,1,4,10,15-16H2,2H3/b6-5-. The van der Waals surface area contributed by atoms with Gasteiger partial charge in [0, 0.05) is 48.6 Å². The second-order valence-electron chi connectivity index (χ2n) is 8.43. The van der Waals surface area contributed by atoms with Crippen LogP contribution in [0.3, 0.4) is 0 Å². The summed E-state index contributed by atoms with van der Waals surface area (Å²) in [4.78, 5) is 31.5. The molecule has 0 saturated carbocycles. The molecule has 0 fully saturated rings. The number of rotatable bonds is 8. The number of esters is 1. The first-order valence-corrected chi connectivity index (χ1v) is 11.4. The minimum Gasteiger partial charge on any atom is -0.508 e. The Kier molecular flexibility index (Phi) is 7.23. The maximum absolute atomic E-state index is 12.6. The normalized spacial score (nSPS) is 23.9. The van der Waals surface area contributed by atoms with Gasteiger partial charge in [-0.05, 0) is 36.6 Å². The zero-order valence-electron chi connectivity index (χ0n) is 19.1. The summed E-state index contributed by atoms with van der Waals surface area (Å²) in [5, 5.41) is 10.7. The lowest BCUT2D eigenvalue weighted by Crippen LogP contribution is -2.41. The van der Waals surface area contributed by atoms with E-state index in [4.69, 9.17) is 9.15 Å². The molecule has 3 heterocycles. The maximum Gasteiger partial charge on any atom is 0.343 e. The third-order valence-electron chi connectivity index (χ3n) is 6.20. The summed E-state index contributed by atoms with van der Waals surface area (Å²) in [6.45, 7) is 7.69. The van der Waals surface area contributed by atoms with E-state index >= 15 is 0 Å². The summed E-state index contributed by atoms with van der Waals surface area (Å²) in [6, 6.07) is 1.69. The van der Waals surface area contributed by atoms with Gasteiger partial charge in [0.05, 0.1) is 5.56 Å². The van der Waals surface area contributed by atoms with Crippen LogP contribution in [0.1, 0.15) is 24.5 Å². The Labute approximate surface area is 198 Å². The highest BCUT2D eigenvalue weighted by molar-refractivity contribution is 5.95. The van der Waals surface area contributed by atoms with E-state index in [1.165, 1.54) is 12.3 Å². The van der Waals surface area contributed by atoms with Crippen molar-refractivity contribution >= 4 is 23.8 Å². The smallest absolute Gasteiger partial charge is 0.343 e. The van der Waals surface area contributed by atoms with Crippen molar-refractivity contribution < 1.29 is 19.1 Å². The number of carbonyl (C=O) groups excluding carboxylic acids is 1. The van der Waals surface area contributed by atoms with Crippen LogP contribution in [0.25, 0.3) is 11.6 Å². The van der Waals surface area contributed by atoms with Gasteiger partial charge >= 0.3 is 11.6 Å². The van der Waals surface area contributed by atoms with E-state index in [2.05, 4.69) is 29.5 Å². The van der Waals surface area contributed by atoms with E-state index in [1.54, 1.807) is 36.4 Å². The van der Waals surface area contributed by atoms with Crippen molar-refractivity contribution in [1.82, 2.24) is 4.90 Å². The summed E-state index contributed by atoms with van der Waals surface area (Å²) in [5.74, 6) is -0.553. The first-order chi connectivity index (χ1) is 16.5. The molecule has 176 valence electrons. The molecule has 1 aromatic rings. The predicted octanol–water partition coefficient (Wildman–Crippen LogP) is 4.07. The van der Waals surface area contributed by atoms with Gasteiger partial charge in [0.1, 0.15) is 18.1 Å².